The Labute approximate surface area is 159 Å². The minimum Gasteiger partial charge on any atom is -0.314 e. The molecule has 0 amide bonds. The van der Waals surface area contributed by atoms with Crippen LogP contribution in [0.25, 0.3) is 0 Å². The Balaban J connectivity index is 1.37. The van der Waals surface area contributed by atoms with Gasteiger partial charge in [0, 0.05) is 17.9 Å². The summed E-state index contributed by atoms with van der Waals surface area (Å²) in [5.41, 5.74) is 1.06. The van der Waals surface area contributed by atoms with Crippen LogP contribution in [0.3, 0.4) is 0 Å². The van der Waals surface area contributed by atoms with Gasteiger partial charge in [0.15, 0.2) is 0 Å². The van der Waals surface area contributed by atoms with E-state index in [-0.39, 0.29) is 0 Å². The van der Waals surface area contributed by atoms with Crippen LogP contribution in [0, 0.1) is 11.3 Å². The van der Waals surface area contributed by atoms with E-state index in [1.807, 2.05) is 0 Å². The fourth-order valence-electron chi connectivity index (χ4n) is 7.05. The molecule has 4 bridgehead atoms. The van der Waals surface area contributed by atoms with Gasteiger partial charge in [0.25, 0.3) is 0 Å². The summed E-state index contributed by atoms with van der Waals surface area (Å²) in [6, 6.07) is 0. The zero-order chi connectivity index (χ0) is 17.6. The smallest absolute Gasteiger partial charge is 0.139 e. The second kappa shape index (κ2) is 6.63. The molecule has 3 nitrogen and oxygen atoms in total. The number of aromatic nitrogens is 3. The Morgan fingerprint density at radius 2 is 1.77 bits per heavy atom. The van der Waals surface area contributed by atoms with Crippen molar-refractivity contribution in [3.05, 3.63) is 11.6 Å². The molecule has 0 N–H and O–H groups in total. The molecule has 26 heavy (non-hydrogen) atoms. The van der Waals surface area contributed by atoms with Crippen LogP contribution in [0.2, 0.25) is 0 Å². The van der Waals surface area contributed by atoms with Crippen molar-refractivity contribution in [2.24, 2.45) is 11.3 Å². The molecule has 4 aliphatic carbocycles. The lowest BCUT2D eigenvalue weighted by Gasteiger charge is -2.53. The van der Waals surface area contributed by atoms with E-state index in [0.717, 1.165) is 5.92 Å². The molecule has 5 aliphatic rings. The molecule has 4 saturated carbocycles. The lowest BCUT2D eigenvalue weighted by Crippen LogP contribution is -2.45. The van der Waals surface area contributed by atoms with Gasteiger partial charge in [-0.05, 0) is 75.5 Å². The van der Waals surface area contributed by atoms with Gasteiger partial charge in [0.05, 0.1) is 0 Å². The standard InChI is InChI=1S/C23H37N3/c1-2-3-4-9-22-10-13-23(14-11-22,15-12-22)21-25-24-20-19-7-5-6-18(17-19)8-16-26(20)21/h18-19H,2-17H2,1H3. The van der Waals surface area contributed by atoms with Crippen LogP contribution in [0.5, 0.6) is 0 Å². The molecular formula is C23H37N3. The van der Waals surface area contributed by atoms with Gasteiger partial charge in [-0.1, -0.05) is 39.0 Å². The first kappa shape index (κ1) is 17.3. The minimum atomic E-state index is 0.371. The zero-order valence-corrected chi connectivity index (χ0v) is 16.8. The topological polar surface area (TPSA) is 30.7 Å². The summed E-state index contributed by atoms with van der Waals surface area (Å²) in [5, 5.41) is 9.70. The van der Waals surface area contributed by atoms with Crippen LogP contribution in [0.1, 0.15) is 121 Å². The van der Waals surface area contributed by atoms with Crippen LogP contribution >= 0.6 is 0 Å². The van der Waals surface area contributed by atoms with Crippen molar-refractivity contribution in [1.29, 1.82) is 0 Å². The van der Waals surface area contributed by atoms with E-state index in [1.54, 1.807) is 0 Å². The van der Waals surface area contributed by atoms with Crippen LogP contribution < -0.4 is 0 Å². The van der Waals surface area contributed by atoms with Gasteiger partial charge in [-0.15, -0.1) is 10.2 Å². The average molecular weight is 356 g/mol. The van der Waals surface area contributed by atoms with Crippen LogP contribution in [0.15, 0.2) is 0 Å². The molecule has 1 aromatic heterocycles. The molecule has 0 saturated heterocycles. The molecule has 6 rings (SSSR count). The summed E-state index contributed by atoms with van der Waals surface area (Å²) in [5.74, 6) is 4.42. The normalized spacial score (nSPS) is 38.8. The highest BCUT2D eigenvalue weighted by atomic mass is 15.3. The molecule has 2 heterocycles. The quantitative estimate of drug-likeness (QED) is 0.595. The molecule has 4 fully saturated rings. The van der Waals surface area contributed by atoms with E-state index in [9.17, 15) is 0 Å². The molecule has 0 aromatic carbocycles. The molecule has 1 aliphatic heterocycles. The molecule has 1 aromatic rings. The number of rotatable bonds is 5. The second-order valence-corrected chi connectivity index (χ2v) is 10.3. The molecule has 2 atom stereocenters. The molecular weight excluding hydrogens is 318 g/mol. The van der Waals surface area contributed by atoms with Gasteiger partial charge < -0.3 is 4.57 Å². The molecule has 0 spiro atoms. The van der Waals surface area contributed by atoms with E-state index in [0.29, 0.717) is 16.7 Å². The number of unbranched alkanes of at least 4 members (excludes halogenated alkanes) is 2. The van der Waals surface area contributed by atoms with Crippen molar-refractivity contribution < 1.29 is 0 Å². The average Bonchev–Trinajstić information content (AvgIpc) is 3.08. The third-order valence-electron chi connectivity index (χ3n) is 8.87. The highest BCUT2D eigenvalue weighted by Crippen LogP contribution is 2.59. The van der Waals surface area contributed by atoms with Crippen LogP contribution in [-0.4, -0.2) is 14.8 Å². The first-order valence-electron chi connectivity index (χ1n) is 11.7. The monoisotopic (exact) mass is 355 g/mol. The first-order valence-corrected chi connectivity index (χ1v) is 11.7. The van der Waals surface area contributed by atoms with Crippen molar-refractivity contribution in [2.45, 2.75) is 121 Å². The molecule has 3 heteroatoms. The van der Waals surface area contributed by atoms with Crippen molar-refractivity contribution in [3.8, 4) is 0 Å². The summed E-state index contributed by atoms with van der Waals surface area (Å²) in [6.07, 6.45) is 21.2. The summed E-state index contributed by atoms with van der Waals surface area (Å²) in [4.78, 5) is 0. The second-order valence-electron chi connectivity index (χ2n) is 10.3. The van der Waals surface area contributed by atoms with E-state index < -0.39 is 0 Å². The number of nitrogens with zero attached hydrogens (tertiary/aromatic N) is 3. The van der Waals surface area contributed by atoms with E-state index in [1.165, 1.54) is 115 Å². The highest BCUT2D eigenvalue weighted by Gasteiger charge is 2.51. The maximum atomic E-state index is 4.89. The van der Waals surface area contributed by atoms with Gasteiger partial charge in [0.1, 0.15) is 11.6 Å². The Morgan fingerprint density at radius 1 is 0.962 bits per heavy atom. The third-order valence-corrected chi connectivity index (χ3v) is 8.87. The van der Waals surface area contributed by atoms with Gasteiger partial charge in [-0.25, -0.2) is 0 Å². The predicted molar refractivity (Wildman–Crippen MR) is 105 cm³/mol. The lowest BCUT2D eigenvalue weighted by molar-refractivity contribution is 0.0244. The minimum absolute atomic E-state index is 0.371. The summed E-state index contributed by atoms with van der Waals surface area (Å²) < 4.78 is 2.63. The van der Waals surface area contributed by atoms with Crippen molar-refractivity contribution >= 4 is 0 Å². The number of hydrogen-bond acceptors (Lipinski definition) is 2. The Morgan fingerprint density at radius 3 is 2.54 bits per heavy atom. The van der Waals surface area contributed by atoms with Gasteiger partial charge in [-0.3, -0.25) is 0 Å². The molecule has 144 valence electrons. The van der Waals surface area contributed by atoms with E-state index >= 15 is 0 Å². The first-order chi connectivity index (χ1) is 12.7. The zero-order valence-electron chi connectivity index (χ0n) is 16.8. The van der Waals surface area contributed by atoms with Crippen molar-refractivity contribution in [3.63, 3.8) is 0 Å². The highest BCUT2D eigenvalue weighted by molar-refractivity contribution is 5.19. The van der Waals surface area contributed by atoms with Gasteiger partial charge in [-0.2, -0.15) is 0 Å². The summed E-state index contributed by atoms with van der Waals surface area (Å²) in [7, 11) is 0. The SMILES string of the molecule is CCCCCC12CCC(c3nnc4n3CCC3CCCC4C3)(CC1)CC2. The predicted octanol–water partition coefficient (Wildman–Crippen LogP) is 6.13. The van der Waals surface area contributed by atoms with E-state index in [4.69, 9.17) is 10.2 Å². The third kappa shape index (κ3) is 2.76. The largest absolute Gasteiger partial charge is 0.314 e. The van der Waals surface area contributed by atoms with Crippen molar-refractivity contribution in [2.75, 3.05) is 0 Å². The maximum absolute atomic E-state index is 4.89. The van der Waals surface area contributed by atoms with E-state index in [2.05, 4.69) is 11.5 Å². The molecule has 0 radical (unpaired) electrons. The van der Waals surface area contributed by atoms with Crippen LogP contribution in [-0.2, 0) is 12.0 Å². The fourth-order valence-corrected chi connectivity index (χ4v) is 7.05. The number of fused-ring (bicyclic) bond motifs is 7. The van der Waals surface area contributed by atoms with Gasteiger partial charge in [0.2, 0.25) is 0 Å². The Bertz CT molecular complexity index is 621. The Hall–Kier alpha value is -0.860. The summed E-state index contributed by atoms with van der Waals surface area (Å²) in [6.45, 7) is 3.53. The summed E-state index contributed by atoms with van der Waals surface area (Å²) >= 11 is 0. The lowest BCUT2D eigenvalue weighted by atomic mass is 9.52. The van der Waals surface area contributed by atoms with Crippen molar-refractivity contribution in [1.82, 2.24) is 14.8 Å². The Kier molecular flexibility index (Phi) is 4.40. The van der Waals surface area contributed by atoms with Gasteiger partial charge >= 0.3 is 0 Å². The fraction of sp³-hybridized carbons (Fsp3) is 0.913. The maximum Gasteiger partial charge on any atom is 0.139 e. The number of hydrogen-bond donors (Lipinski definition) is 0. The van der Waals surface area contributed by atoms with Crippen LogP contribution in [0.4, 0.5) is 0 Å². The molecule has 2 unspecified atom stereocenters.